The van der Waals surface area contributed by atoms with Crippen LogP contribution in [-0.2, 0) is 11.3 Å². The summed E-state index contributed by atoms with van der Waals surface area (Å²) in [5.41, 5.74) is 5.64. The lowest BCUT2D eigenvalue weighted by Crippen LogP contribution is -2.27. The van der Waals surface area contributed by atoms with Gasteiger partial charge >= 0.3 is 0 Å². The Kier molecular flexibility index (Phi) is 6.53. The van der Waals surface area contributed by atoms with E-state index in [0.29, 0.717) is 15.8 Å². The zero-order chi connectivity index (χ0) is 24.4. The molecule has 4 aromatic rings. The standard InChI is InChI=1S/C28H23N3O2S2/c1-19-15-23(33-2)13-14-24(19)26-21(18-31(29-26)22-11-7-4-8-12-22)16-25-27(32)30(28(34)35-25)17-20-9-5-3-6-10-20/h3-16,18H,17H2,1-2H3/b25-16+. The average Bonchev–Trinajstić information content (AvgIpc) is 3.41. The van der Waals surface area contributed by atoms with E-state index in [-0.39, 0.29) is 5.91 Å². The average molecular weight is 498 g/mol. The summed E-state index contributed by atoms with van der Waals surface area (Å²) in [4.78, 5) is 15.5. The van der Waals surface area contributed by atoms with Crippen LogP contribution in [0.5, 0.6) is 5.75 Å². The van der Waals surface area contributed by atoms with Gasteiger partial charge < -0.3 is 4.74 Å². The molecular weight excluding hydrogens is 474 g/mol. The van der Waals surface area contributed by atoms with Gasteiger partial charge in [-0.25, -0.2) is 4.68 Å². The molecule has 1 amide bonds. The number of thioether (sulfide) groups is 1. The second-order valence-corrected chi connectivity index (χ2v) is 9.82. The Morgan fingerprint density at radius 2 is 1.74 bits per heavy atom. The number of methoxy groups -OCH3 is 1. The van der Waals surface area contributed by atoms with Crippen molar-refractivity contribution in [2.45, 2.75) is 13.5 Å². The highest BCUT2D eigenvalue weighted by molar-refractivity contribution is 8.26. The van der Waals surface area contributed by atoms with Gasteiger partial charge in [0.25, 0.3) is 5.91 Å². The van der Waals surface area contributed by atoms with E-state index < -0.39 is 0 Å². The number of amides is 1. The van der Waals surface area contributed by atoms with Crippen LogP contribution in [0.3, 0.4) is 0 Å². The molecule has 5 rings (SSSR count). The first kappa shape index (κ1) is 23.1. The second kappa shape index (κ2) is 9.90. The maximum absolute atomic E-state index is 13.3. The highest BCUT2D eigenvalue weighted by Crippen LogP contribution is 2.36. The largest absolute Gasteiger partial charge is 0.497 e. The molecule has 35 heavy (non-hydrogen) atoms. The molecule has 1 fully saturated rings. The Hall–Kier alpha value is -3.68. The molecule has 0 saturated carbocycles. The predicted octanol–water partition coefficient (Wildman–Crippen LogP) is 6.26. The van der Waals surface area contributed by atoms with Crippen molar-refractivity contribution in [2.24, 2.45) is 0 Å². The molecule has 2 heterocycles. The minimum atomic E-state index is -0.0892. The fourth-order valence-corrected chi connectivity index (χ4v) is 5.23. The van der Waals surface area contributed by atoms with Gasteiger partial charge in [-0.15, -0.1) is 0 Å². The maximum Gasteiger partial charge on any atom is 0.266 e. The van der Waals surface area contributed by atoms with Crippen molar-refractivity contribution in [3.63, 3.8) is 0 Å². The SMILES string of the molecule is COc1ccc(-c2nn(-c3ccccc3)cc2/C=C2/SC(=S)N(Cc3ccccc3)C2=O)c(C)c1. The van der Waals surface area contributed by atoms with E-state index >= 15 is 0 Å². The predicted molar refractivity (Wildman–Crippen MR) is 145 cm³/mol. The third kappa shape index (κ3) is 4.78. The van der Waals surface area contributed by atoms with E-state index in [2.05, 4.69) is 0 Å². The number of hydrogen-bond donors (Lipinski definition) is 0. The topological polar surface area (TPSA) is 47.4 Å². The third-order valence-electron chi connectivity index (χ3n) is 5.80. The van der Waals surface area contributed by atoms with Crippen LogP contribution < -0.4 is 4.74 Å². The minimum absolute atomic E-state index is 0.0892. The van der Waals surface area contributed by atoms with Crippen molar-refractivity contribution >= 4 is 40.3 Å². The Bertz CT molecular complexity index is 1430. The van der Waals surface area contributed by atoms with Gasteiger partial charge in [-0.3, -0.25) is 9.69 Å². The highest BCUT2D eigenvalue weighted by Gasteiger charge is 2.32. The molecular formula is C28H23N3O2S2. The van der Waals surface area contributed by atoms with E-state index in [1.165, 1.54) is 11.8 Å². The molecule has 0 atom stereocenters. The number of para-hydroxylation sites is 1. The van der Waals surface area contributed by atoms with Crippen molar-refractivity contribution in [1.82, 2.24) is 14.7 Å². The number of hydrogen-bond acceptors (Lipinski definition) is 5. The lowest BCUT2D eigenvalue weighted by atomic mass is 10.0. The lowest BCUT2D eigenvalue weighted by molar-refractivity contribution is -0.122. The number of carbonyl (C=O) groups is 1. The summed E-state index contributed by atoms with van der Waals surface area (Å²) in [6.07, 6.45) is 3.85. The first-order valence-corrected chi connectivity index (χ1v) is 12.4. The van der Waals surface area contributed by atoms with Crippen LogP contribution in [-0.4, -0.2) is 32.0 Å². The molecule has 0 bridgehead atoms. The van der Waals surface area contributed by atoms with Gasteiger partial charge in [-0.1, -0.05) is 72.5 Å². The van der Waals surface area contributed by atoms with Crippen LogP contribution in [0.25, 0.3) is 23.0 Å². The normalized spacial score (nSPS) is 14.7. The van der Waals surface area contributed by atoms with Crippen LogP contribution in [0, 0.1) is 6.92 Å². The zero-order valence-electron chi connectivity index (χ0n) is 19.3. The summed E-state index contributed by atoms with van der Waals surface area (Å²) < 4.78 is 7.78. The van der Waals surface area contributed by atoms with Gasteiger partial charge in [-0.2, -0.15) is 5.10 Å². The number of benzene rings is 3. The fourth-order valence-electron chi connectivity index (χ4n) is 3.99. The van der Waals surface area contributed by atoms with Crippen molar-refractivity contribution in [1.29, 1.82) is 0 Å². The van der Waals surface area contributed by atoms with Gasteiger partial charge in [0.2, 0.25) is 0 Å². The molecule has 3 aromatic carbocycles. The summed E-state index contributed by atoms with van der Waals surface area (Å²) in [5, 5.41) is 4.90. The van der Waals surface area contributed by atoms with Crippen LogP contribution in [0.2, 0.25) is 0 Å². The molecule has 1 aliphatic rings. The van der Waals surface area contributed by atoms with Gasteiger partial charge in [-0.05, 0) is 54.5 Å². The van der Waals surface area contributed by atoms with Gasteiger partial charge in [0.1, 0.15) is 15.8 Å². The Morgan fingerprint density at radius 3 is 2.43 bits per heavy atom. The number of thiocarbonyl (C=S) groups is 1. The van der Waals surface area contributed by atoms with Gasteiger partial charge in [0.15, 0.2) is 0 Å². The van der Waals surface area contributed by atoms with E-state index in [4.69, 9.17) is 22.1 Å². The summed E-state index contributed by atoms with van der Waals surface area (Å²) in [7, 11) is 1.65. The molecule has 1 aromatic heterocycles. The summed E-state index contributed by atoms with van der Waals surface area (Å²) in [6, 6.07) is 25.7. The van der Waals surface area contributed by atoms with Gasteiger partial charge in [0, 0.05) is 17.3 Å². The Morgan fingerprint density at radius 1 is 1.03 bits per heavy atom. The van der Waals surface area contributed by atoms with Gasteiger partial charge in [0.05, 0.1) is 24.2 Å². The van der Waals surface area contributed by atoms with Crippen molar-refractivity contribution in [3.8, 4) is 22.7 Å². The summed E-state index contributed by atoms with van der Waals surface area (Å²) in [5.74, 6) is 0.700. The molecule has 5 nitrogen and oxygen atoms in total. The molecule has 1 aliphatic heterocycles. The molecule has 0 spiro atoms. The Labute approximate surface area is 214 Å². The minimum Gasteiger partial charge on any atom is -0.497 e. The second-order valence-electron chi connectivity index (χ2n) is 8.15. The number of rotatable bonds is 6. The number of nitrogens with zero attached hydrogens (tertiary/aromatic N) is 3. The molecule has 0 unspecified atom stereocenters. The quantitative estimate of drug-likeness (QED) is 0.233. The molecule has 7 heteroatoms. The monoisotopic (exact) mass is 497 g/mol. The van der Waals surface area contributed by atoms with E-state index in [1.54, 1.807) is 12.0 Å². The molecule has 174 valence electrons. The van der Waals surface area contributed by atoms with E-state index in [0.717, 1.165) is 39.4 Å². The van der Waals surface area contributed by atoms with Crippen molar-refractivity contribution in [2.75, 3.05) is 7.11 Å². The first-order valence-electron chi connectivity index (χ1n) is 11.1. The molecule has 0 N–H and O–H groups in total. The van der Waals surface area contributed by atoms with Crippen LogP contribution >= 0.6 is 24.0 Å². The van der Waals surface area contributed by atoms with Crippen molar-refractivity contribution < 1.29 is 9.53 Å². The number of aromatic nitrogens is 2. The van der Waals surface area contributed by atoms with Crippen LogP contribution in [0.1, 0.15) is 16.7 Å². The maximum atomic E-state index is 13.3. The van der Waals surface area contributed by atoms with Crippen LogP contribution in [0.15, 0.2) is 90.0 Å². The molecule has 1 saturated heterocycles. The lowest BCUT2D eigenvalue weighted by Gasteiger charge is -2.14. The highest BCUT2D eigenvalue weighted by atomic mass is 32.2. The number of aryl methyl sites for hydroxylation is 1. The summed E-state index contributed by atoms with van der Waals surface area (Å²) in [6.45, 7) is 2.49. The zero-order valence-corrected chi connectivity index (χ0v) is 21.0. The molecule has 0 radical (unpaired) electrons. The number of ether oxygens (including phenoxy) is 1. The summed E-state index contributed by atoms with van der Waals surface area (Å²) >= 11 is 6.89. The smallest absolute Gasteiger partial charge is 0.266 e. The molecule has 0 aliphatic carbocycles. The van der Waals surface area contributed by atoms with E-state index in [1.807, 2.05) is 103 Å². The first-order chi connectivity index (χ1) is 17.0. The van der Waals surface area contributed by atoms with E-state index in [9.17, 15) is 4.79 Å². The number of carbonyl (C=O) groups excluding carboxylic acids is 1. The third-order valence-corrected chi connectivity index (χ3v) is 7.17. The fraction of sp³-hybridized carbons (Fsp3) is 0.107. The van der Waals surface area contributed by atoms with Crippen molar-refractivity contribution in [3.05, 3.63) is 107 Å². The van der Waals surface area contributed by atoms with Crippen LogP contribution in [0.4, 0.5) is 0 Å². The Balaban J connectivity index is 1.55.